The number of hydrogen-bond acceptors (Lipinski definition) is 1. The van der Waals surface area contributed by atoms with E-state index >= 15 is 0 Å². The zero-order chi connectivity index (χ0) is 7.07. The second-order valence-electron chi connectivity index (χ2n) is 3.55. The molecule has 2 atom stereocenters. The predicted octanol–water partition coefficient (Wildman–Crippen LogP) is 2.19. The van der Waals surface area contributed by atoms with Crippen LogP contribution in [-0.4, -0.2) is 0 Å². The van der Waals surface area contributed by atoms with Crippen molar-refractivity contribution in [1.82, 2.24) is 0 Å². The molecule has 0 aromatic carbocycles. The Morgan fingerprint density at radius 1 is 1.67 bits per heavy atom. The van der Waals surface area contributed by atoms with Crippen molar-refractivity contribution in [1.29, 1.82) is 5.26 Å². The second-order valence-corrected chi connectivity index (χ2v) is 3.55. The van der Waals surface area contributed by atoms with E-state index in [4.69, 9.17) is 5.26 Å². The lowest BCUT2D eigenvalue weighted by Gasteiger charge is -2.11. The molecular formula is C8H13N. The van der Waals surface area contributed by atoms with Gasteiger partial charge in [-0.2, -0.15) is 5.26 Å². The van der Waals surface area contributed by atoms with E-state index < -0.39 is 0 Å². The van der Waals surface area contributed by atoms with Gasteiger partial charge in [-0.25, -0.2) is 0 Å². The molecule has 1 aliphatic carbocycles. The zero-order valence-corrected chi connectivity index (χ0v) is 6.31. The van der Waals surface area contributed by atoms with E-state index in [0.717, 1.165) is 6.42 Å². The number of hydrogen-bond donors (Lipinski definition) is 0. The minimum absolute atomic E-state index is 0.345. The molecule has 1 aliphatic rings. The van der Waals surface area contributed by atoms with Gasteiger partial charge in [-0.15, -0.1) is 0 Å². The number of rotatable bonds is 1. The summed E-state index contributed by atoms with van der Waals surface area (Å²) < 4.78 is 0. The molecule has 1 rings (SSSR count). The van der Waals surface area contributed by atoms with Crippen molar-refractivity contribution >= 4 is 0 Å². The predicted molar refractivity (Wildman–Crippen MR) is 36.7 cm³/mol. The Morgan fingerprint density at radius 3 is 2.33 bits per heavy atom. The van der Waals surface area contributed by atoms with Crippen molar-refractivity contribution in [3.8, 4) is 6.07 Å². The van der Waals surface area contributed by atoms with E-state index in [1.54, 1.807) is 0 Å². The molecule has 0 bridgehead atoms. The van der Waals surface area contributed by atoms with Crippen LogP contribution in [0, 0.1) is 28.6 Å². The topological polar surface area (TPSA) is 23.8 Å². The monoisotopic (exact) mass is 123 g/mol. The second kappa shape index (κ2) is 1.73. The Hall–Kier alpha value is -0.510. The summed E-state index contributed by atoms with van der Waals surface area (Å²) in [4.78, 5) is 0. The van der Waals surface area contributed by atoms with E-state index in [-0.39, 0.29) is 0 Å². The molecule has 50 valence electrons. The van der Waals surface area contributed by atoms with Crippen LogP contribution in [0.15, 0.2) is 0 Å². The Kier molecular flexibility index (Phi) is 1.27. The largest absolute Gasteiger partial charge is 0.198 e. The van der Waals surface area contributed by atoms with Gasteiger partial charge in [-0.05, 0) is 17.8 Å². The molecule has 0 aromatic heterocycles. The summed E-state index contributed by atoms with van der Waals surface area (Å²) in [6, 6.07) is 2.31. The molecule has 2 unspecified atom stereocenters. The van der Waals surface area contributed by atoms with Gasteiger partial charge in [0, 0.05) is 0 Å². The first-order valence-electron chi connectivity index (χ1n) is 3.51. The molecular weight excluding hydrogens is 110 g/mol. The van der Waals surface area contributed by atoms with Crippen LogP contribution in [0.4, 0.5) is 0 Å². The highest BCUT2D eigenvalue weighted by molar-refractivity contribution is 5.11. The maximum absolute atomic E-state index is 8.54. The fraction of sp³-hybridized carbons (Fsp3) is 0.875. The Balaban J connectivity index is 2.54. The van der Waals surface area contributed by atoms with Gasteiger partial charge < -0.3 is 0 Å². The van der Waals surface area contributed by atoms with E-state index in [0.29, 0.717) is 17.3 Å². The van der Waals surface area contributed by atoms with Gasteiger partial charge >= 0.3 is 0 Å². The first-order chi connectivity index (χ1) is 4.11. The third kappa shape index (κ3) is 0.830. The van der Waals surface area contributed by atoms with E-state index in [1.807, 2.05) is 0 Å². The maximum Gasteiger partial charge on any atom is 0.0661 e. The van der Waals surface area contributed by atoms with Crippen LogP contribution in [0.25, 0.3) is 0 Å². The quantitative estimate of drug-likeness (QED) is 0.524. The van der Waals surface area contributed by atoms with Gasteiger partial charge in [0.1, 0.15) is 0 Å². The van der Waals surface area contributed by atoms with E-state index in [9.17, 15) is 0 Å². The van der Waals surface area contributed by atoms with Crippen LogP contribution < -0.4 is 0 Å². The van der Waals surface area contributed by atoms with Gasteiger partial charge in [0.25, 0.3) is 0 Å². The van der Waals surface area contributed by atoms with Crippen molar-refractivity contribution in [3.63, 3.8) is 0 Å². The van der Waals surface area contributed by atoms with Crippen molar-refractivity contribution in [2.75, 3.05) is 0 Å². The molecule has 1 nitrogen and oxygen atoms in total. The molecule has 0 aromatic rings. The zero-order valence-electron chi connectivity index (χ0n) is 6.31. The third-order valence-electron chi connectivity index (χ3n) is 2.75. The Labute approximate surface area is 56.7 Å². The van der Waals surface area contributed by atoms with Crippen LogP contribution in [0.3, 0.4) is 0 Å². The summed E-state index contributed by atoms with van der Waals surface area (Å²) in [5, 5.41) is 8.54. The highest BCUT2D eigenvalue weighted by Crippen LogP contribution is 2.56. The third-order valence-corrected chi connectivity index (χ3v) is 2.75. The standard InChI is InChI=1S/C8H13N/c1-6(2)8(3)4-7(8)5-9/h6-7H,4H2,1-3H3. The van der Waals surface area contributed by atoms with Gasteiger partial charge in [0.05, 0.1) is 12.0 Å². The molecule has 0 amide bonds. The normalized spacial score (nSPS) is 40.6. The fourth-order valence-electron chi connectivity index (χ4n) is 1.21. The van der Waals surface area contributed by atoms with E-state index in [1.165, 1.54) is 0 Å². The van der Waals surface area contributed by atoms with Crippen LogP contribution in [-0.2, 0) is 0 Å². The fourth-order valence-corrected chi connectivity index (χ4v) is 1.21. The smallest absolute Gasteiger partial charge is 0.0661 e. The summed E-state index contributed by atoms with van der Waals surface area (Å²) in [6.45, 7) is 6.58. The molecule has 0 spiro atoms. The SMILES string of the molecule is CC(C)C1(C)CC1C#N. The molecule has 9 heavy (non-hydrogen) atoms. The molecule has 0 aliphatic heterocycles. The first kappa shape index (κ1) is 6.61. The van der Waals surface area contributed by atoms with Crippen LogP contribution in [0.2, 0.25) is 0 Å². The Bertz CT molecular complexity index is 154. The molecule has 1 saturated carbocycles. The highest BCUT2D eigenvalue weighted by atomic mass is 14.6. The molecule has 0 heterocycles. The molecule has 0 N–H and O–H groups in total. The summed E-state index contributed by atoms with van der Waals surface area (Å²) >= 11 is 0. The van der Waals surface area contributed by atoms with Crippen LogP contribution in [0.1, 0.15) is 27.2 Å². The summed E-state index contributed by atoms with van der Waals surface area (Å²) in [5.41, 5.74) is 0.356. The lowest BCUT2D eigenvalue weighted by Crippen LogP contribution is -2.06. The van der Waals surface area contributed by atoms with Crippen molar-refractivity contribution < 1.29 is 0 Å². The Morgan fingerprint density at radius 2 is 2.22 bits per heavy atom. The lowest BCUT2D eigenvalue weighted by molar-refractivity contribution is 0.378. The summed E-state index contributed by atoms with van der Waals surface area (Å²) in [7, 11) is 0. The van der Waals surface area contributed by atoms with Crippen LogP contribution in [0.5, 0.6) is 0 Å². The number of nitrogens with zero attached hydrogens (tertiary/aromatic N) is 1. The lowest BCUT2D eigenvalue weighted by atomic mass is 9.92. The highest BCUT2D eigenvalue weighted by Gasteiger charge is 2.52. The van der Waals surface area contributed by atoms with E-state index in [2.05, 4.69) is 26.8 Å². The van der Waals surface area contributed by atoms with Crippen molar-refractivity contribution in [2.45, 2.75) is 27.2 Å². The van der Waals surface area contributed by atoms with Gasteiger partial charge in [-0.1, -0.05) is 20.8 Å². The van der Waals surface area contributed by atoms with Gasteiger partial charge in [0.2, 0.25) is 0 Å². The average Bonchev–Trinajstić information content (AvgIpc) is 2.44. The van der Waals surface area contributed by atoms with Gasteiger partial charge in [-0.3, -0.25) is 0 Å². The summed E-state index contributed by atoms with van der Waals surface area (Å²) in [5.74, 6) is 1.01. The minimum Gasteiger partial charge on any atom is -0.198 e. The molecule has 1 heteroatoms. The first-order valence-corrected chi connectivity index (χ1v) is 3.51. The molecule has 0 radical (unpaired) electrons. The van der Waals surface area contributed by atoms with Crippen LogP contribution >= 0.6 is 0 Å². The summed E-state index contributed by atoms with van der Waals surface area (Å²) in [6.07, 6.45) is 1.11. The van der Waals surface area contributed by atoms with Crippen molar-refractivity contribution in [2.24, 2.45) is 17.3 Å². The minimum atomic E-state index is 0.345. The number of nitriles is 1. The van der Waals surface area contributed by atoms with Crippen molar-refractivity contribution in [3.05, 3.63) is 0 Å². The average molecular weight is 123 g/mol. The molecule has 1 fully saturated rings. The maximum atomic E-state index is 8.54. The van der Waals surface area contributed by atoms with Gasteiger partial charge in [0.15, 0.2) is 0 Å². The molecule has 0 saturated heterocycles.